The third-order valence-corrected chi connectivity index (χ3v) is 3.81. The van der Waals surface area contributed by atoms with E-state index in [0.29, 0.717) is 20.8 Å². The second-order valence-corrected chi connectivity index (χ2v) is 6.01. The average Bonchev–Trinajstić information content (AvgIpc) is 2.49. The molecule has 0 unspecified atom stereocenters. The van der Waals surface area contributed by atoms with E-state index in [-0.39, 0.29) is 16.0 Å². The Bertz CT molecular complexity index is 694. The van der Waals surface area contributed by atoms with Gasteiger partial charge in [0.1, 0.15) is 5.75 Å². The van der Waals surface area contributed by atoms with Gasteiger partial charge in [0.15, 0.2) is 11.4 Å². The molecule has 0 aliphatic heterocycles. The molecule has 2 rings (SSSR count). The number of aromatic nitrogens is 2. The number of nitrogens with zero attached hydrogens (tertiary/aromatic N) is 3. The van der Waals surface area contributed by atoms with Gasteiger partial charge < -0.3 is 15.2 Å². The van der Waals surface area contributed by atoms with E-state index in [1.807, 2.05) is 0 Å². The molecule has 0 aliphatic rings. The van der Waals surface area contributed by atoms with Gasteiger partial charge in [-0.3, -0.25) is 10.1 Å². The number of aryl methyl sites for hydroxylation is 2. The van der Waals surface area contributed by atoms with E-state index >= 15 is 0 Å². The third-order valence-electron chi connectivity index (χ3n) is 2.71. The number of methoxy groups -OCH3 is 1. The molecule has 10 heteroatoms. The van der Waals surface area contributed by atoms with Crippen molar-refractivity contribution in [1.29, 1.82) is 0 Å². The van der Waals surface area contributed by atoms with Crippen molar-refractivity contribution in [2.45, 2.75) is 13.8 Å². The van der Waals surface area contributed by atoms with Gasteiger partial charge in [-0.05, 0) is 0 Å². The molecule has 23 heavy (non-hydrogen) atoms. The monoisotopic (exact) mass is 449 g/mol. The van der Waals surface area contributed by atoms with Gasteiger partial charge in [0.05, 0.1) is 30.2 Å². The van der Waals surface area contributed by atoms with E-state index in [1.165, 1.54) is 19.1 Å². The number of rotatable bonds is 2. The minimum Gasteiger partial charge on any atom is -0.618 e. The SMILES string of the molecule is COc1cc(C)[n+]([O-])c(Br)c1.Cc1cc([N+](=O)[O-])cc(Br)[n+]1[O-]. The van der Waals surface area contributed by atoms with E-state index in [0.717, 1.165) is 4.73 Å². The minimum atomic E-state index is -0.544. The third kappa shape index (κ3) is 5.03. The highest BCUT2D eigenvalue weighted by molar-refractivity contribution is 9.10. The van der Waals surface area contributed by atoms with Gasteiger partial charge in [-0.15, -0.1) is 0 Å². The molecule has 0 fully saturated rings. The summed E-state index contributed by atoms with van der Waals surface area (Å²) >= 11 is 6.02. The van der Waals surface area contributed by atoms with Crippen molar-refractivity contribution in [2.24, 2.45) is 0 Å². The van der Waals surface area contributed by atoms with Crippen LogP contribution in [-0.2, 0) is 0 Å². The highest BCUT2D eigenvalue weighted by Crippen LogP contribution is 2.16. The summed E-state index contributed by atoms with van der Waals surface area (Å²) in [6.45, 7) is 3.23. The van der Waals surface area contributed by atoms with Crippen LogP contribution < -0.4 is 14.2 Å². The molecule has 0 N–H and O–H groups in total. The quantitative estimate of drug-likeness (QED) is 0.230. The van der Waals surface area contributed by atoms with Crippen LogP contribution in [0.4, 0.5) is 5.69 Å². The summed E-state index contributed by atoms with van der Waals surface area (Å²) in [6.07, 6.45) is 0. The molecule has 0 spiro atoms. The number of hydrogen-bond donors (Lipinski definition) is 0. The van der Waals surface area contributed by atoms with Crippen LogP contribution in [0, 0.1) is 34.4 Å². The predicted octanol–water partition coefficient (Wildman–Crippen LogP) is 2.70. The van der Waals surface area contributed by atoms with Crippen LogP contribution in [0.2, 0.25) is 0 Å². The normalized spacial score (nSPS) is 9.78. The van der Waals surface area contributed by atoms with Crippen LogP contribution in [0.5, 0.6) is 5.75 Å². The molecule has 0 bridgehead atoms. The van der Waals surface area contributed by atoms with Gasteiger partial charge in [0.2, 0.25) is 0 Å². The molecule has 0 aromatic carbocycles. The van der Waals surface area contributed by atoms with E-state index in [4.69, 9.17) is 4.74 Å². The Morgan fingerprint density at radius 2 is 1.48 bits per heavy atom. The molecule has 0 saturated carbocycles. The number of ether oxygens (including phenoxy) is 1. The molecule has 0 radical (unpaired) electrons. The largest absolute Gasteiger partial charge is 0.618 e. The maximum Gasteiger partial charge on any atom is 0.283 e. The maximum absolute atomic E-state index is 11.1. The zero-order valence-electron chi connectivity index (χ0n) is 12.4. The Balaban J connectivity index is 0.000000231. The standard InChI is InChI=1S/C7H8BrNO2.C6H5BrN2O3/c1-5-3-6(11-2)4-7(8)9(5)10;1-4-2-5(9(11)12)3-6(7)8(4)10/h3-4H,1-2H3;2-3H,1H3. The molecule has 2 aromatic rings. The Kier molecular flexibility index (Phi) is 6.70. The van der Waals surface area contributed by atoms with Crippen molar-refractivity contribution < 1.29 is 19.1 Å². The fourth-order valence-corrected chi connectivity index (χ4v) is 2.56. The van der Waals surface area contributed by atoms with Gasteiger partial charge in [-0.1, -0.05) is 0 Å². The summed E-state index contributed by atoms with van der Waals surface area (Å²) in [7, 11) is 1.57. The second-order valence-electron chi connectivity index (χ2n) is 4.38. The molecular formula is C13H13Br2N3O5. The van der Waals surface area contributed by atoms with Crippen molar-refractivity contribution in [3.05, 3.63) is 65.4 Å². The molecule has 2 heterocycles. The van der Waals surface area contributed by atoms with E-state index in [9.17, 15) is 20.5 Å². The first kappa shape index (κ1) is 19.1. The molecule has 0 saturated heterocycles. The van der Waals surface area contributed by atoms with Crippen LogP contribution in [0.1, 0.15) is 11.4 Å². The zero-order valence-corrected chi connectivity index (χ0v) is 15.6. The molecule has 0 aliphatic carbocycles. The molecule has 2 aromatic heterocycles. The lowest BCUT2D eigenvalue weighted by Gasteiger charge is -2.04. The Labute approximate surface area is 148 Å². The fraction of sp³-hybridized carbons (Fsp3) is 0.231. The summed E-state index contributed by atoms with van der Waals surface area (Å²) in [5, 5.41) is 32.3. The zero-order chi connectivity index (χ0) is 17.7. The predicted molar refractivity (Wildman–Crippen MR) is 88.9 cm³/mol. The summed E-state index contributed by atoms with van der Waals surface area (Å²) in [5.74, 6) is 0.682. The van der Waals surface area contributed by atoms with Crippen LogP contribution in [0.25, 0.3) is 0 Å². The maximum atomic E-state index is 11.1. The van der Waals surface area contributed by atoms with Crippen LogP contribution >= 0.6 is 31.9 Å². The molecule has 0 amide bonds. The number of halogens is 2. The van der Waals surface area contributed by atoms with Crippen LogP contribution in [0.15, 0.2) is 33.5 Å². The summed E-state index contributed by atoms with van der Waals surface area (Å²) in [5.41, 5.74) is 0.804. The second kappa shape index (κ2) is 8.06. The first-order chi connectivity index (χ1) is 10.7. The lowest BCUT2D eigenvalue weighted by molar-refractivity contribution is -0.624. The molecular weight excluding hydrogens is 438 g/mol. The van der Waals surface area contributed by atoms with Crippen LogP contribution in [0.3, 0.4) is 0 Å². The van der Waals surface area contributed by atoms with E-state index < -0.39 is 4.92 Å². The van der Waals surface area contributed by atoms with Gasteiger partial charge in [-0.2, -0.15) is 9.46 Å². The first-order valence-corrected chi connectivity index (χ1v) is 7.73. The Morgan fingerprint density at radius 3 is 1.87 bits per heavy atom. The summed E-state index contributed by atoms with van der Waals surface area (Å²) < 4.78 is 6.93. The Hall–Kier alpha value is -1.94. The van der Waals surface area contributed by atoms with Crippen molar-refractivity contribution >= 4 is 37.5 Å². The van der Waals surface area contributed by atoms with Gasteiger partial charge >= 0.3 is 0 Å². The lowest BCUT2D eigenvalue weighted by Crippen LogP contribution is -2.31. The van der Waals surface area contributed by atoms with Crippen molar-refractivity contribution in [2.75, 3.05) is 7.11 Å². The molecule has 124 valence electrons. The van der Waals surface area contributed by atoms with Crippen LogP contribution in [-0.4, -0.2) is 12.0 Å². The first-order valence-electron chi connectivity index (χ1n) is 6.15. The van der Waals surface area contributed by atoms with Gasteiger partial charge in [0.25, 0.3) is 14.9 Å². The number of hydrogen-bond acceptors (Lipinski definition) is 5. The lowest BCUT2D eigenvalue weighted by atomic mass is 10.3. The number of nitro groups is 1. The Morgan fingerprint density at radius 1 is 1.00 bits per heavy atom. The summed E-state index contributed by atoms with van der Waals surface area (Å²) in [6, 6.07) is 5.69. The van der Waals surface area contributed by atoms with E-state index in [1.54, 1.807) is 26.2 Å². The van der Waals surface area contributed by atoms with Gasteiger partial charge in [-0.25, -0.2) is 0 Å². The molecule has 0 atom stereocenters. The topological polar surface area (TPSA) is 106 Å². The smallest absolute Gasteiger partial charge is 0.283 e. The molecule has 8 nitrogen and oxygen atoms in total. The van der Waals surface area contributed by atoms with Crippen molar-refractivity contribution in [3.8, 4) is 5.75 Å². The van der Waals surface area contributed by atoms with E-state index in [2.05, 4.69) is 31.9 Å². The minimum absolute atomic E-state index is 0.0912. The highest BCUT2D eigenvalue weighted by Gasteiger charge is 2.14. The van der Waals surface area contributed by atoms with Crippen molar-refractivity contribution in [3.63, 3.8) is 0 Å². The number of pyridine rings is 2. The summed E-state index contributed by atoms with van der Waals surface area (Å²) in [4.78, 5) is 9.75. The van der Waals surface area contributed by atoms with Gasteiger partial charge in [0, 0.05) is 51.8 Å². The average molecular weight is 451 g/mol. The highest BCUT2D eigenvalue weighted by atomic mass is 79.9. The fourth-order valence-electron chi connectivity index (χ4n) is 1.54. The van der Waals surface area contributed by atoms with Crippen molar-refractivity contribution in [1.82, 2.24) is 0 Å².